The van der Waals surface area contributed by atoms with Crippen LogP contribution in [-0.4, -0.2) is 0 Å². The van der Waals surface area contributed by atoms with Gasteiger partial charge in [0.05, 0.1) is 0 Å². The van der Waals surface area contributed by atoms with Crippen molar-refractivity contribution in [2.24, 2.45) is 5.41 Å². The predicted molar refractivity (Wildman–Crippen MR) is 121 cm³/mol. The van der Waals surface area contributed by atoms with Gasteiger partial charge in [0.1, 0.15) is 0 Å². The summed E-state index contributed by atoms with van der Waals surface area (Å²) in [5.74, 6) is 0. The maximum atomic E-state index is 2.51. The number of fused-ring (bicyclic) bond motifs is 1. The average molecular weight is 464 g/mol. The fourth-order valence-electron chi connectivity index (χ4n) is 4.48. The quantitative estimate of drug-likeness (QED) is 0.423. The summed E-state index contributed by atoms with van der Waals surface area (Å²) in [7, 11) is 0.786. The molecule has 0 aliphatic heterocycles. The van der Waals surface area contributed by atoms with E-state index in [-0.39, 0.29) is 5.41 Å². The van der Waals surface area contributed by atoms with Gasteiger partial charge in [-0.05, 0) is 0 Å². The van der Waals surface area contributed by atoms with Gasteiger partial charge in [-0.2, -0.15) is 0 Å². The predicted octanol–water partition coefficient (Wildman–Crippen LogP) is 7.13. The SMILES string of the molecule is CC1=C(C)C(C)(C)[C]([Zr][CH]2C(Pc3ccccc3C)=Cc3ccccc32)=C1C. The zero-order chi connectivity index (χ0) is 20.1. The molecule has 0 N–H and O–H groups in total. The Labute approximate surface area is 183 Å². The Hall–Kier alpha value is -1.03. The zero-order valence-electron chi connectivity index (χ0n) is 17.8. The average Bonchev–Trinajstić information content (AvgIpc) is 3.08. The van der Waals surface area contributed by atoms with Crippen LogP contribution in [0.5, 0.6) is 0 Å². The molecule has 0 bridgehead atoms. The molecular formula is C26H29PZr. The van der Waals surface area contributed by atoms with Crippen LogP contribution in [0.4, 0.5) is 0 Å². The van der Waals surface area contributed by atoms with Crippen LogP contribution in [0.25, 0.3) is 6.08 Å². The molecule has 28 heavy (non-hydrogen) atoms. The summed E-state index contributed by atoms with van der Waals surface area (Å²) in [6, 6.07) is 18.0. The van der Waals surface area contributed by atoms with Crippen LogP contribution in [0.3, 0.4) is 0 Å². The molecule has 0 radical (unpaired) electrons. The first-order valence-electron chi connectivity index (χ1n) is 10.1. The van der Waals surface area contributed by atoms with Crippen LogP contribution in [0.15, 0.2) is 73.8 Å². The molecule has 2 unspecified atom stereocenters. The molecule has 0 amide bonds. The Morgan fingerprint density at radius 2 is 1.54 bits per heavy atom. The Morgan fingerprint density at radius 1 is 0.857 bits per heavy atom. The van der Waals surface area contributed by atoms with Crippen molar-refractivity contribution >= 4 is 20.0 Å². The van der Waals surface area contributed by atoms with E-state index >= 15 is 0 Å². The van der Waals surface area contributed by atoms with E-state index in [4.69, 9.17) is 0 Å². The molecule has 2 aromatic carbocycles. The van der Waals surface area contributed by atoms with Gasteiger partial charge in [0.25, 0.3) is 0 Å². The fourth-order valence-corrected chi connectivity index (χ4v) is 11.4. The summed E-state index contributed by atoms with van der Waals surface area (Å²) in [6.07, 6.45) is 2.51. The van der Waals surface area contributed by atoms with Crippen LogP contribution in [0.1, 0.15) is 54.9 Å². The summed E-state index contributed by atoms with van der Waals surface area (Å²) in [4.78, 5) is 0. The number of benzene rings is 2. The monoisotopic (exact) mass is 462 g/mol. The Morgan fingerprint density at radius 3 is 2.21 bits per heavy atom. The number of allylic oxidation sites excluding steroid dienone is 5. The van der Waals surface area contributed by atoms with Crippen LogP contribution < -0.4 is 5.30 Å². The van der Waals surface area contributed by atoms with E-state index in [9.17, 15) is 0 Å². The maximum absolute atomic E-state index is 2.51. The van der Waals surface area contributed by atoms with Crippen LogP contribution >= 0.6 is 8.58 Å². The molecule has 2 heteroatoms. The molecule has 0 saturated heterocycles. The summed E-state index contributed by atoms with van der Waals surface area (Å²) in [5.41, 5.74) is 9.43. The van der Waals surface area contributed by atoms with Crippen molar-refractivity contribution in [1.29, 1.82) is 0 Å². The summed E-state index contributed by atoms with van der Waals surface area (Å²) >= 11 is -0.815. The van der Waals surface area contributed by atoms with Gasteiger partial charge in [0.2, 0.25) is 0 Å². The first kappa shape index (κ1) is 20.3. The third-order valence-corrected chi connectivity index (χ3v) is 14.4. The number of aryl methyl sites for hydroxylation is 1. The number of rotatable bonds is 4. The van der Waals surface area contributed by atoms with E-state index in [1.54, 1.807) is 30.9 Å². The Balaban J connectivity index is 1.72. The van der Waals surface area contributed by atoms with Crippen molar-refractivity contribution in [2.75, 3.05) is 0 Å². The van der Waals surface area contributed by atoms with E-state index in [0.717, 1.165) is 8.58 Å². The van der Waals surface area contributed by atoms with E-state index in [1.165, 1.54) is 16.4 Å². The molecule has 0 heterocycles. The summed E-state index contributed by atoms with van der Waals surface area (Å²) in [6.45, 7) is 14.2. The van der Waals surface area contributed by atoms with Gasteiger partial charge in [0.15, 0.2) is 0 Å². The van der Waals surface area contributed by atoms with Crippen LogP contribution in [0, 0.1) is 12.3 Å². The van der Waals surface area contributed by atoms with Gasteiger partial charge >= 0.3 is 184 Å². The molecule has 142 valence electrons. The molecule has 0 aromatic heterocycles. The second kappa shape index (κ2) is 7.66. The topological polar surface area (TPSA) is 0 Å². The molecule has 2 aromatic rings. The molecule has 2 atom stereocenters. The van der Waals surface area contributed by atoms with Crippen LogP contribution in [-0.2, 0) is 23.2 Å². The van der Waals surface area contributed by atoms with Gasteiger partial charge in [-0.25, -0.2) is 0 Å². The van der Waals surface area contributed by atoms with Crippen molar-refractivity contribution < 1.29 is 23.2 Å². The van der Waals surface area contributed by atoms with E-state index < -0.39 is 23.2 Å². The van der Waals surface area contributed by atoms with Crippen molar-refractivity contribution in [3.63, 3.8) is 0 Å². The Bertz CT molecular complexity index is 1040. The number of hydrogen-bond acceptors (Lipinski definition) is 0. The van der Waals surface area contributed by atoms with Crippen molar-refractivity contribution in [3.05, 3.63) is 90.5 Å². The van der Waals surface area contributed by atoms with Crippen molar-refractivity contribution in [2.45, 2.75) is 45.2 Å². The van der Waals surface area contributed by atoms with Crippen molar-refractivity contribution in [1.82, 2.24) is 0 Å². The first-order chi connectivity index (χ1) is 13.3. The van der Waals surface area contributed by atoms with Gasteiger partial charge in [-0.3, -0.25) is 0 Å². The summed E-state index contributed by atoms with van der Waals surface area (Å²) < 4.78 is 2.47. The molecule has 4 rings (SSSR count). The van der Waals surface area contributed by atoms with Crippen LogP contribution in [0.2, 0.25) is 0 Å². The second-order valence-electron chi connectivity index (χ2n) is 8.62. The Kier molecular flexibility index (Phi) is 5.54. The fraction of sp³-hybridized carbons (Fsp3) is 0.308. The van der Waals surface area contributed by atoms with E-state index in [1.807, 2.05) is 0 Å². The normalized spacial score (nSPS) is 20.9. The summed E-state index contributed by atoms with van der Waals surface area (Å²) in [5, 5.41) is 3.17. The molecule has 2 aliphatic rings. The number of hydrogen-bond donors (Lipinski definition) is 0. The molecule has 0 fully saturated rings. The zero-order valence-corrected chi connectivity index (χ0v) is 21.2. The minimum absolute atomic E-state index is 0.245. The molecular weight excluding hydrogens is 434 g/mol. The van der Waals surface area contributed by atoms with E-state index in [0.29, 0.717) is 3.63 Å². The third kappa shape index (κ3) is 3.40. The molecule has 2 aliphatic carbocycles. The standard InChI is InChI=1S/C16H14P.C10H15.Zr/c1-12-6-2-5-9-16(12)17-15-10-13-7-3-4-8-14(13)11-15;1-7-6-10(4,5)9(3)8(7)2;/h2-11,17H,1H3;1-5H3;. The second-order valence-corrected chi connectivity index (χ2v) is 13.3. The first-order valence-corrected chi connectivity index (χ1v) is 13.7. The molecule has 0 spiro atoms. The minimum atomic E-state index is -0.815. The molecule has 0 saturated carbocycles. The van der Waals surface area contributed by atoms with Gasteiger partial charge < -0.3 is 0 Å². The van der Waals surface area contributed by atoms with Gasteiger partial charge in [0, 0.05) is 0 Å². The molecule has 0 nitrogen and oxygen atoms in total. The van der Waals surface area contributed by atoms with Gasteiger partial charge in [-0.1, -0.05) is 0 Å². The third-order valence-electron chi connectivity index (χ3n) is 6.70. The van der Waals surface area contributed by atoms with E-state index in [2.05, 4.69) is 96.1 Å². The van der Waals surface area contributed by atoms with Gasteiger partial charge in [-0.15, -0.1) is 0 Å². The van der Waals surface area contributed by atoms with Crippen molar-refractivity contribution in [3.8, 4) is 0 Å².